The van der Waals surface area contributed by atoms with Gasteiger partial charge in [-0.1, -0.05) is 25.1 Å². The minimum absolute atomic E-state index is 0.282. The Morgan fingerprint density at radius 1 is 1.35 bits per heavy atom. The Kier molecular flexibility index (Phi) is 4.89. The molecule has 0 aliphatic carbocycles. The van der Waals surface area contributed by atoms with Gasteiger partial charge >= 0.3 is 0 Å². The van der Waals surface area contributed by atoms with Gasteiger partial charge in [0.1, 0.15) is 0 Å². The minimum Gasteiger partial charge on any atom is -0.327 e. The van der Waals surface area contributed by atoms with Gasteiger partial charge in [-0.25, -0.2) is 0 Å². The van der Waals surface area contributed by atoms with Gasteiger partial charge in [-0.2, -0.15) is 11.8 Å². The zero-order valence-corrected chi connectivity index (χ0v) is 11.8. The average molecular weight is 265 g/mol. The number of hydrogen-bond donors (Lipinski definition) is 1. The Bertz CT molecular complexity index is 464. The summed E-state index contributed by atoms with van der Waals surface area (Å²) in [7, 11) is 0. The normalized spacial score (nSPS) is 13.1. The van der Waals surface area contributed by atoms with Crippen molar-refractivity contribution in [2.24, 2.45) is 5.73 Å². The van der Waals surface area contributed by atoms with Gasteiger partial charge in [0, 0.05) is 16.5 Å². The van der Waals surface area contributed by atoms with Crippen LogP contribution in [0.3, 0.4) is 0 Å². The number of rotatable bonds is 6. The van der Waals surface area contributed by atoms with Gasteiger partial charge in [0.15, 0.2) is 0 Å². The monoisotopic (exact) mass is 265 g/mol. The van der Waals surface area contributed by atoms with Crippen LogP contribution >= 0.6 is 23.1 Å². The van der Waals surface area contributed by atoms with Crippen molar-refractivity contribution in [1.29, 1.82) is 0 Å². The Morgan fingerprint density at radius 3 is 3.00 bits per heavy atom. The van der Waals surface area contributed by atoms with Crippen LogP contribution in [0.4, 0.5) is 0 Å². The van der Waals surface area contributed by atoms with E-state index in [2.05, 4.69) is 36.6 Å². The summed E-state index contributed by atoms with van der Waals surface area (Å²) >= 11 is 3.79. The standard InChI is InChI=1S/C14H19NS2/c1-2-7-16-10-12(15)8-11-9-17-14-6-4-3-5-13(11)14/h3-6,9,12H,2,7-8,10,15H2,1H3. The first-order valence-electron chi connectivity index (χ1n) is 6.09. The topological polar surface area (TPSA) is 26.0 Å². The smallest absolute Gasteiger partial charge is 0.0345 e. The summed E-state index contributed by atoms with van der Waals surface area (Å²) in [5.74, 6) is 2.29. The first-order valence-corrected chi connectivity index (χ1v) is 8.13. The zero-order chi connectivity index (χ0) is 12.1. The minimum atomic E-state index is 0.282. The molecule has 1 nitrogen and oxygen atoms in total. The fourth-order valence-corrected chi connectivity index (χ4v) is 3.76. The van der Waals surface area contributed by atoms with Crippen LogP contribution in [0.1, 0.15) is 18.9 Å². The largest absolute Gasteiger partial charge is 0.327 e. The van der Waals surface area contributed by atoms with E-state index in [1.807, 2.05) is 23.1 Å². The van der Waals surface area contributed by atoms with Crippen LogP contribution in [0.15, 0.2) is 29.6 Å². The lowest BCUT2D eigenvalue weighted by molar-refractivity contribution is 0.753. The Hall–Kier alpha value is -0.510. The van der Waals surface area contributed by atoms with Crippen LogP contribution in [-0.2, 0) is 6.42 Å². The Morgan fingerprint density at radius 2 is 2.18 bits per heavy atom. The summed E-state index contributed by atoms with van der Waals surface area (Å²) in [6.07, 6.45) is 2.24. The first-order chi connectivity index (χ1) is 8.31. The predicted molar refractivity (Wildman–Crippen MR) is 81.1 cm³/mol. The molecule has 0 radical (unpaired) electrons. The third kappa shape index (κ3) is 3.47. The summed E-state index contributed by atoms with van der Waals surface area (Å²) in [6, 6.07) is 8.87. The van der Waals surface area contributed by atoms with Crippen LogP contribution in [0.25, 0.3) is 10.1 Å². The molecular formula is C14H19NS2. The quantitative estimate of drug-likeness (QED) is 0.801. The molecule has 0 aliphatic heterocycles. The molecule has 0 saturated heterocycles. The molecule has 0 aliphatic rings. The van der Waals surface area contributed by atoms with E-state index in [4.69, 9.17) is 5.73 Å². The van der Waals surface area contributed by atoms with Crippen molar-refractivity contribution in [3.05, 3.63) is 35.2 Å². The van der Waals surface area contributed by atoms with E-state index in [9.17, 15) is 0 Å². The molecule has 3 heteroatoms. The highest BCUT2D eigenvalue weighted by atomic mass is 32.2. The maximum atomic E-state index is 6.18. The van der Waals surface area contributed by atoms with E-state index in [-0.39, 0.29) is 6.04 Å². The van der Waals surface area contributed by atoms with Crippen molar-refractivity contribution >= 4 is 33.2 Å². The highest BCUT2D eigenvalue weighted by Crippen LogP contribution is 2.26. The van der Waals surface area contributed by atoms with Crippen molar-refractivity contribution in [1.82, 2.24) is 0 Å². The summed E-state index contributed by atoms with van der Waals surface area (Å²) in [5, 5.41) is 3.64. The summed E-state index contributed by atoms with van der Waals surface area (Å²) in [4.78, 5) is 0. The fraction of sp³-hybridized carbons (Fsp3) is 0.429. The van der Waals surface area contributed by atoms with Gasteiger partial charge in [0.25, 0.3) is 0 Å². The SMILES string of the molecule is CCCSCC(N)Cc1csc2ccccc12. The van der Waals surface area contributed by atoms with Gasteiger partial charge in [-0.05, 0) is 41.0 Å². The van der Waals surface area contributed by atoms with Crippen LogP contribution in [0, 0.1) is 0 Å². The first kappa shape index (κ1) is 12.9. The molecule has 0 bridgehead atoms. The van der Waals surface area contributed by atoms with Crippen molar-refractivity contribution in [3.8, 4) is 0 Å². The molecule has 17 heavy (non-hydrogen) atoms. The fourth-order valence-electron chi connectivity index (χ4n) is 1.91. The Balaban J connectivity index is 1.98. The lowest BCUT2D eigenvalue weighted by Gasteiger charge is -2.10. The third-order valence-corrected chi connectivity index (χ3v) is 5.10. The van der Waals surface area contributed by atoms with E-state index in [1.165, 1.54) is 27.8 Å². The molecule has 1 unspecified atom stereocenters. The third-order valence-electron chi connectivity index (χ3n) is 2.72. The molecule has 2 N–H and O–H groups in total. The summed E-state index contributed by atoms with van der Waals surface area (Å²) in [5.41, 5.74) is 7.59. The van der Waals surface area contributed by atoms with Gasteiger partial charge in [0.05, 0.1) is 0 Å². The number of hydrogen-bond acceptors (Lipinski definition) is 3. The highest BCUT2D eigenvalue weighted by Gasteiger charge is 2.08. The molecule has 2 aromatic rings. The van der Waals surface area contributed by atoms with Crippen LogP contribution in [0.5, 0.6) is 0 Å². The molecule has 0 amide bonds. The van der Waals surface area contributed by atoms with E-state index in [0.29, 0.717) is 0 Å². The number of thiophene rings is 1. The van der Waals surface area contributed by atoms with Crippen molar-refractivity contribution in [3.63, 3.8) is 0 Å². The molecule has 1 aromatic heterocycles. The summed E-state index contributed by atoms with van der Waals surface area (Å²) in [6.45, 7) is 2.21. The highest BCUT2D eigenvalue weighted by molar-refractivity contribution is 7.99. The number of thioether (sulfide) groups is 1. The number of benzene rings is 1. The van der Waals surface area contributed by atoms with Crippen LogP contribution in [0.2, 0.25) is 0 Å². The molecule has 1 aromatic carbocycles. The maximum absolute atomic E-state index is 6.18. The number of nitrogens with two attached hydrogens (primary N) is 1. The van der Waals surface area contributed by atoms with Crippen molar-refractivity contribution in [2.75, 3.05) is 11.5 Å². The molecule has 0 spiro atoms. The predicted octanol–water partition coefficient (Wildman–Crippen LogP) is 3.91. The van der Waals surface area contributed by atoms with Crippen molar-refractivity contribution in [2.45, 2.75) is 25.8 Å². The van der Waals surface area contributed by atoms with E-state index >= 15 is 0 Å². The van der Waals surface area contributed by atoms with Crippen molar-refractivity contribution < 1.29 is 0 Å². The second-order valence-corrected chi connectivity index (χ2v) is 6.36. The van der Waals surface area contributed by atoms with Gasteiger partial charge in [-0.3, -0.25) is 0 Å². The second-order valence-electron chi connectivity index (χ2n) is 4.30. The van der Waals surface area contributed by atoms with Gasteiger partial charge in [-0.15, -0.1) is 11.3 Å². The van der Waals surface area contributed by atoms with Crippen LogP contribution in [-0.4, -0.2) is 17.5 Å². The average Bonchev–Trinajstić information content (AvgIpc) is 2.73. The molecule has 0 fully saturated rings. The molecule has 92 valence electrons. The molecule has 1 heterocycles. The van der Waals surface area contributed by atoms with E-state index < -0.39 is 0 Å². The molecule has 0 saturated carbocycles. The van der Waals surface area contributed by atoms with E-state index in [1.54, 1.807) is 0 Å². The second kappa shape index (κ2) is 6.43. The number of fused-ring (bicyclic) bond motifs is 1. The summed E-state index contributed by atoms with van der Waals surface area (Å²) < 4.78 is 1.37. The van der Waals surface area contributed by atoms with E-state index in [0.717, 1.165) is 12.2 Å². The molecule has 1 atom stereocenters. The maximum Gasteiger partial charge on any atom is 0.0345 e. The Labute approximate surface area is 111 Å². The molecular weight excluding hydrogens is 246 g/mol. The lowest BCUT2D eigenvalue weighted by Crippen LogP contribution is -2.25. The van der Waals surface area contributed by atoms with Crippen LogP contribution < -0.4 is 5.73 Å². The molecule has 2 rings (SSSR count). The van der Waals surface area contributed by atoms with Gasteiger partial charge < -0.3 is 5.73 Å². The van der Waals surface area contributed by atoms with Gasteiger partial charge in [0.2, 0.25) is 0 Å². The lowest BCUT2D eigenvalue weighted by atomic mass is 10.1. The zero-order valence-electron chi connectivity index (χ0n) is 10.2.